The molecule has 0 spiro atoms. The lowest BCUT2D eigenvalue weighted by atomic mass is 10.00. The topological polar surface area (TPSA) is 52.7 Å². The molecule has 0 bridgehead atoms. The van der Waals surface area contributed by atoms with Crippen LogP contribution in [0.25, 0.3) is 6.08 Å². The van der Waals surface area contributed by atoms with E-state index in [2.05, 4.69) is 10.2 Å². The molecule has 3 fully saturated rings. The van der Waals surface area contributed by atoms with Crippen LogP contribution in [0.3, 0.4) is 0 Å². The number of amides is 2. The van der Waals surface area contributed by atoms with Crippen molar-refractivity contribution in [2.24, 2.45) is 0 Å². The quantitative estimate of drug-likeness (QED) is 0.661. The summed E-state index contributed by atoms with van der Waals surface area (Å²) in [6.45, 7) is 3.54. The molecule has 1 aromatic carbocycles. The molecule has 3 heterocycles. The van der Waals surface area contributed by atoms with Gasteiger partial charge in [0.25, 0.3) is 11.1 Å². The van der Waals surface area contributed by atoms with Gasteiger partial charge in [-0.3, -0.25) is 14.9 Å². The van der Waals surface area contributed by atoms with E-state index in [-0.39, 0.29) is 15.5 Å². The van der Waals surface area contributed by atoms with Gasteiger partial charge in [0.2, 0.25) is 0 Å². The molecule has 3 saturated heterocycles. The predicted molar refractivity (Wildman–Crippen MR) is 112 cm³/mol. The van der Waals surface area contributed by atoms with Crippen LogP contribution in [0.15, 0.2) is 17.0 Å². The van der Waals surface area contributed by atoms with Gasteiger partial charge in [-0.15, -0.1) is 0 Å². The van der Waals surface area contributed by atoms with Crippen LogP contribution in [0.2, 0.25) is 5.02 Å². The zero-order valence-electron chi connectivity index (χ0n) is 16.1. The zero-order chi connectivity index (χ0) is 21.5. The molecule has 162 valence electrons. The van der Waals surface area contributed by atoms with Crippen LogP contribution in [0.1, 0.15) is 36.8 Å². The van der Waals surface area contributed by atoms with Gasteiger partial charge < -0.3 is 9.80 Å². The number of carbonyl (C=O) groups is 2. The number of benzene rings is 1. The Balaban J connectivity index is 1.66. The summed E-state index contributed by atoms with van der Waals surface area (Å²) in [6.07, 6.45) is 0.984. The lowest BCUT2D eigenvalue weighted by molar-refractivity contribution is -0.137. The zero-order valence-corrected chi connectivity index (χ0v) is 17.7. The summed E-state index contributed by atoms with van der Waals surface area (Å²) in [7, 11) is 0. The lowest BCUT2D eigenvalue weighted by Crippen LogP contribution is -2.44. The first-order valence-corrected chi connectivity index (χ1v) is 11.1. The minimum Gasteiger partial charge on any atom is -0.370 e. The summed E-state index contributed by atoms with van der Waals surface area (Å²) in [5.41, 5.74) is -0.212. The van der Waals surface area contributed by atoms with Crippen molar-refractivity contribution in [2.45, 2.75) is 37.9 Å². The van der Waals surface area contributed by atoms with Crippen LogP contribution < -0.4 is 10.2 Å². The third-order valence-electron chi connectivity index (χ3n) is 5.79. The van der Waals surface area contributed by atoms with Crippen molar-refractivity contribution in [1.29, 1.82) is 0 Å². The number of thioether (sulfide) groups is 1. The molecule has 4 rings (SSSR count). The van der Waals surface area contributed by atoms with Gasteiger partial charge in [0.15, 0.2) is 0 Å². The Hall–Kier alpha value is -1.71. The molecule has 3 aliphatic rings. The number of halogens is 4. The number of carbonyl (C=O) groups excluding carboxylic acids is 2. The summed E-state index contributed by atoms with van der Waals surface area (Å²) in [5.74, 6) is -0.614. The second-order valence-corrected chi connectivity index (χ2v) is 9.13. The van der Waals surface area contributed by atoms with Gasteiger partial charge >= 0.3 is 6.18 Å². The van der Waals surface area contributed by atoms with Crippen molar-refractivity contribution < 1.29 is 22.8 Å². The molecule has 3 aliphatic heterocycles. The molecule has 30 heavy (non-hydrogen) atoms. The van der Waals surface area contributed by atoms with Crippen LogP contribution >= 0.6 is 23.4 Å². The number of anilines is 1. The second kappa shape index (κ2) is 8.43. The highest BCUT2D eigenvalue weighted by atomic mass is 35.5. The summed E-state index contributed by atoms with van der Waals surface area (Å²) < 4.78 is 40.1. The molecule has 0 unspecified atom stereocenters. The highest BCUT2D eigenvalue weighted by Gasteiger charge is 2.34. The van der Waals surface area contributed by atoms with Gasteiger partial charge in [0.1, 0.15) is 0 Å². The Morgan fingerprint density at radius 2 is 1.77 bits per heavy atom. The number of likely N-dealkylation sites (tertiary alicyclic amines) is 1. The summed E-state index contributed by atoms with van der Waals surface area (Å²) in [6, 6.07) is 2.41. The first kappa shape index (κ1) is 21.5. The van der Waals surface area contributed by atoms with Crippen molar-refractivity contribution in [2.75, 3.05) is 31.1 Å². The summed E-state index contributed by atoms with van der Waals surface area (Å²) >= 11 is 7.00. The molecular weight excluding hydrogens is 439 g/mol. The molecule has 0 radical (unpaired) electrons. The Morgan fingerprint density at radius 1 is 1.10 bits per heavy atom. The molecule has 1 N–H and O–H groups in total. The number of imide groups is 1. The molecule has 0 atom stereocenters. The van der Waals surface area contributed by atoms with Gasteiger partial charge in [0.05, 0.1) is 21.2 Å². The molecule has 0 saturated carbocycles. The van der Waals surface area contributed by atoms with Crippen molar-refractivity contribution >= 4 is 46.3 Å². The first-order valence-electron chi connectivity index (χ1n) is 9.87. The lowest BCUT2D eigenvalue weighted by Gasteiger charge is -2.38. The molecule has 0 aromatic heterocycles. The highest BCUT2D eigenvalue weighted by molar-refractivity contribution is 8.18. The third kappa shape index (κ3) is 4.48. The van der Waals surface area contributed by atoms with E-state index in [0.717, 1.165) is 38.1 Å². The van der Waals surface area contributed by atoms with E-state index < -0.39 is 22.9 Å². The molecule has 1 aromatic rings. The van der Waals surface area contributed by atoms with E-state index in [1.54, 1.807) is 0 Å². The van der Waals surface area contributed by atoms with Crippen molar-refractivity contribution in [3.63, 3.8) is 0 Å². The van der Waals surface area contributed by atoms with Crippen LogP contribution in [-0.4, -0.2) is 48.3 Å². The van der Waals surface area contributed by atoms with E-state index in [1.807, 2.05) is 4.90 Å². The molecule has 2 amide bonds. The summed E-state index contributed by atoms with van der Waals surface area (Å²) in [4.78, 5) is 27.9. The number of hydrogen-bond donors (Lipinski definition) is 1. The van der Waals surface area contributed by atoms with E-state index in [9.17, 15) is 22.8 Å². The molecule has 0 aliphatic carbocycles. The largest absolute Gasteiger partial charge is 0.416 e. The number of nitrogens with zero attached hydrogens (tertiary/aromatic N) is 2. The molecular formula is C20H21ClF3N3O2S. The monoisotopic (exact) mass is 459 g/mol. The van der Waals surface area contributed by atoms with Gasteiger partial charge in [-0.1, -0.05) is 11.6 Å². The van der Waals surface area contributed by atoms with E-state index >= 15 is 0 Å². The molecule has 5 nitrogen and oxygen atoms in total. The average molecular weight is 460 g/mol. The van der Waals surface area contributed by atoms with E-state index in [1.165, 1.54) is 18.9 Å². The predicted octanol–water partition coefficient (Wildman–Crippen LogP) is 4.75. The number of piperidine rings is 1. The highest BCUT2D eigenvalue weighted by Crippen LogP contribution is 2.41. The number of alkyl halides is 3. The smallest absolute Gasteiger partial charge is 0.370 e. The van der Waals surface area contributed by atoms with Crippen LogP contribution in [-0.2, 0) is 11.0 Å². The fourth-order valence-electron chi connectivity index (χ4n) is 4.35. The van der Waals surface area contributed by atoms with E-state index in [4.69, 9.17) is 11.6 Å². The van der Waals surface area contributed by atoms with Crippen molar-refractivity contribution in [1.82, 2.24) is 10.2 Å². The first-order chi connectivity index (χ1) is 14.2. The van der Waals surface area contributed by atoms with E-state index in [0.29, 0.717) is 36.6 Å². The minimum atomic E-state index is -4.57. The Morgan fingerprint density at radius 3 is 2.33 bits per heavy atom. The SMILES string of the molecule is O=C1NC(=O)/C(=C\c2cc(C(F)(F)F)cc(Cl)c2N2CCC(N3CCCC3)CC2)S1. The maximum atomic E-state index is 13.4. The van der Waals surface area contributed by atoms with Gasteiger partial charge in [-0.25, -0.2) is 0 Å². The minimum absolute atomic E-state index is 0.00831. The van der Waals surface area contributed by atoms with Crippen LogP contribution in [0.5, 0.6) is 0 Å². The fourth-order valence-corrected chi connectivity index (χ4v) is 5.37. The maximum Gasteiger partial charge on any atom is 0.416 e. The number of rotatable bonds is 3. The average Bonchev–Trinajstić information content (AvgIpc) is 3.31. The maximum absolute atomic E-state index is 13.4. The Kier molecular flexibility index (Phi) is 6.05. The van der Waals surface area contributed by atoms with Crippen LogP contribution in [0.4, 0.5) is 23.7 Å². The van der Waals surface area contributed by atoms with Gasteiger partial charge in [-0.05, 0) is 68.7 Å². The Labute approximate surface area is 181 Å². The Bertz CT molecular complexity index is 892. The fraction of sp³-hybridized carbons (Fsp3) is 0.500. The van der Waals surface area contributed by atoms with Gasteiger partial charge in [-0.2, -0.15) is 13.2 Å². The van der Waals surface area contributed by atoms with Crippen molar-refractivity contribution in [3.05, 3.63) is 33.2 Å². The van der Waals surface area contributed by atoms with Crippen LogP contribution in [0, 0.1) is 0 Å². The van der Waals surface area contributed by atoms with Gasteiger partial charge in [0, 0.05) is 24.7 Å². The van der Waals surface area contributed by atoms with Crippen molar-refractivity contribution in [3.8, 4) is 0 Å². The standard InChI is InChI=1S/C20H21ClF3N3O2S/c21-15-11-13(20(22,23)24)9-12(10-16-18(28)25-19(29)30-16)17(15)27-7-3-14(4-8-27)26-5-1-2-6-26/h9-11,14H,1-8H2,(H,25,28,29)/b16-10+. The third-order valence-corrected chi connectivity index (χ3v) is 6.89. The number of nitrogens with one attached hydrogen (secondary N) is 1. The second-order valence-electron chi connectivity index (χ2n) is 7.71. The normalized spacial score (nSPS) is 22.9. The number of hydrogen-bond acceptors (Lipinski definition) is 5. The molecule has 10 heteroatoms. The summed E-state index contributed by atoms with van der Waals surface area (Å²) in [5, 5.41) is 1.57.